The molecule has 3 heteroatoms. The minimum absolute atomic E-state index is 0.150. The fourth-order valence-corrected chi connectivity index (χ4v) is 3.00. The molecule has 0 saturated heterocycles. The van der Waals surface area contributed by atoms with Gasteiger partial charge in [0.15, 0.2) is 0 Å². The minimum atomic E-state index is -0.150. The largest absolute Gasteiger partial charge is 0.313 e. The smallest absolute Gasteiger partial charge is 0.124 e. The van der Waals surface area contributed by atoms with E-state index in [2.05, 4.69) is 33.0 Å². The van der Waals surface area contributed by atoms with Crippen LogP contribution in [-0.2, 0) is 0 Å². The fraction of sp³-hybridized carbons (Fsp3) is 0.647. The van der Waals surface area contributed by atoms with Gasteiger partial charge in [-0.15, -0.1) is 11.8 Å². The maximum Gasteiger partial charge on any atom is 0.124 e. The van der Waals surface area contributed by atoms with E-state index in [1.165, 1.54) is 18.9 Å². The predicted molar refractivity (Wildman–Crippen MR) is 87.9 cm³/mol. The first-order valence-corrected chi connectivity index (χ1v) is 8.51. The normalized spacial score (nSPS) is 13.4. The van der Waals surface area contributed by atoms with Gasteiger partial charge < -0.3 is 5.32 Å². The van der Waals surface area contributed by atoms with E-state index in [1.807, 2.05) is 6.07 Å². The highest BCUT2D eigenvalue weighted by molar-refractivity contribution is 7.99. The van der Waals surface area contributed by atoms with Crippen molar-refractivity contribution in [1.29, 1.82) is 0 Å². The predicted octanol–water partition coefficient (Wildman–Crippen LogP) is 5.11. The highest BCUT2D eigenvalue weighted by Crippen LogP contribution is 2.25. The van der Waals surface area contributed by atoms with Gasteiger partial charge in [0.1, 0.15) is 5.82 Å². The molecule has 0 aliphatic heterocycles. The molecular weight excluding hydrogens is 269 g/mol. The zero-order valence-electron chi connectivity index (χ0n) is 13.2. The van der Waals surface area contributed by atoms with Crippen molar-refractivity contribution in [3.8, 4) is 0 Å². The van der Waals surface area contributed by atoms with E-state index >= 15 is 0 Å². The van der Waals surface area contributed by atoms with Crippen molar-refractivity contribution < 1.29 is 4.39 Å². The molecule has 0 fully saturated rings. The molecule has 0 radical (unpaired) electrons. The van der Waals surface area contributed by atoms with E-state index in [0.29, 0.717) is 11.5 Å². The summed E-state index contributed by atoms with van der Waals surface area (Å²) in [7, 11) is 0. The quantitative estimate of drug-likeness (QED) is 0.669. The number of hydrogen-bond donors (Lipinski definition) is 1. The summed E-state index contributed by atoms with van der Waals surface area (Å²) in [4.78, 5) is 1.02. The number of halogens is 1. The lowest BCUT2D eigenvalue weighted by Gasteiger charge is -2.24. The van der Waals surface area contributed by atoms with E-state index in [9.17, 15) is 4.39 Å². The van der Waals surface area contributed by atoms with E-state index in [-0.39, 0.29) is 5.82 Å². The zero-order chi connectivity index (χ0) is 15.0. The van der Waals surface area contributed by atoms with Crippen LogP contribution < -0.4 is 5.32 Å². The fourth-order valence-electron chi connectivity index (χ4n) is 1.95. The lowest BCUT2D eigenvalue weighted by Crippen LogP contribution is -2.33. The maximum atomic E-state index is 13.2. The van der Waals surface area contributed by atoms with Crippen LogP contribution in [0.15, 0.2) is 29.2 Å². The van der Waals surface area contributed by atoms with Crippen LogP contribution in [0.25, 0.3) is 0 Å². The second-order valence-corrected chi connectivity index (χ2v) is 7.61. The van der Waals surface area contributed by atoms with Gasteiger partial charge >= 0.3 is 0 Å². The highest BCUT2D eigenvalue weighted by Gasteiger charge is 2.15. The van der Waals surface area contributed by atoms with Crippen molar-refractivity contribution in [2.75, 3.05) is 12.3 Å². The molecule has 0 bridgehead atoms. The van der Waals surface area contributed by atoms with Gasteiger partial charge in [-0.3, -0.25) is 0 Å². The molecule has 1 N–H and O–H groups in total. The summed E-state index contributed by atoms with van der Waals surface area (Å²) < 4.78 is 13.2. The summed E-state index contributed by atoms with van der Waals surface area (Å²) in [5.41, 5.74) is 0.371. The number of thioether (sulfide) groups is 1. The van der Waals surface area contributed by atoms with Gasteiger partial charge in [-0.2, -0.15) is 0 Å². The maximum absolute atomic E-state index is 13.2. The summed E-state index contributed by atoms with van der Waals surface area (Å²) in [6.07, 6.45) is 3.53. The SMILES string of the molecule is CCCNC(CCC(C)(C)C)CSc1cccc(F)c1. The van der Waals surface area contributed by atoms with E-state index in [1.54, 1.807) is 23.9 Å². The van der Waals surface area contributed by atoms with Gasteiger partial charge in [0.25, 0.3) is 0 Å². The molecule has 0 amide bonds. The van der Waals surface area contributed by atoms with Gasteiger partial charge in [-0.05, 0) is 49.4 Å². The summed E-state index contributed by atoms with van der Waals surface area (Å²) in [6.45, 7) is 10.1. The molecule has 1 aromatic rings. The van der Waals surface area contributed by atoms with Crippen LogP contribution in [0.2, 0.25) is 0 Å². The van der Waals surface area contributed by atoms with Crippen molar-refractivity contribution in [1.82, 2.24) is 5.32 Å². The Kier molecular flexibility index (Phi) is 7.60. The van der Waals surface area contributed by atoms with Crippen LogP contribution in [0.4, 0.5) is 4.39 Å². The third kappa shape index (κ3) is 7.91. The molecule has 1 rings (SSSR count). The van der Waals surface area contributed by atoms with Crippen LogP contribution >= 0.6 is 11.8 Å². The van der Waals surface area contributed by atoms with Crippen LogP contribution in [0.1, 0.15) is 47.0 Å². The van der Waals surface area contributed by atoms with E-state index < -0.39 is 0 Å². The molecule has 1 aromatic carbocycles. The average Bonchev–Trinajstić information content (AvgIpc) is 2.37. The Morgan fingerprint density at radius 1 is 1.30 bits per heavy atom. The Bertz CT molecular complexity index is 387. The first-order valence-electron chi connectivity index (χ1n) is 7.52. The Hall–Kier alpha value is -0.540. The number of nitrogens with one attached hydrogen (secondary N) is 1. The molecule has 1 atom stereocenters. The van der Waals surface area contributed by atoms with Crippen molar-refractivity contribution >= 4 is 11.8 Å². The van der Waals surface area contributed by atoms with Crippen molar-refractivity contribution in [2.24, 2.45) is 5.41 Å². The molecule has 0 aliphatic rings. The molecule has 0 heterocycles. The minimum Gasteiger partial charge on any atom is -0.313 e. The molecular formula is C17H28FNS. The highest BCUT2D eigenvalue weighted by atomic mass is 32.2. The number of benzene rings is 1. The van der Waals surface area contributed by atoms with Gasteiger partial charge in [-0.1, -0.05) is 33.8 Å². The molecule has 1 unspecified atom stereocenters. The first-order chi connectivity index (χ1) is 9.40. The molecule has 0 aliphatic carbocycles. The number of hydrogen-bond acceptors (Lipinski definition) is 2. The summed E-state index contributed by atoms with van der Waals surface area (Å²) in [5.74, 6) is 0.849. The molecule has 0 aromatic heterocycles. The molecule has 0 spiro atoms. The lowest BCUT2D eigenvalue weighted by molar-refractivity contribution is 0.338. The first kappa shape index (κ1) is 17.5. The zero-order valence-corrected chi connectivity index (χ0v) is 14.0. The lowest BCUT2D eigenvalue weighted by atomic mass is 9.89. The molecule has 114 valence electrons. The molecule has 0 saturated carbocycles. The van der Waals surface area contributed by atoms with Gasteiger partial charge in [0.05, 0.1) is 0 Å². The second-order valence-electron chi connectivity index (χ2n) is 6.52. The van der Waals surface area contributed by atoms with Gasteiger partial charge in [-0.25, -0.2) is 4.39 Å². The van der Waals surface area contributed by atoms with Crippen LogP contribution in [0.3, 0.4) is 0 Å². The molecule has 1 nitrogen and oxygen atoms in total. The topological polar surface area (TPSA) is 12.0 Å². The van der Waals surface area contributed by atoms with E-state index in [0.717, 1.165) is 23.6 Å². The summed E-state index contributed by atoms with van der Waals surface area (Å²) >= 11 is 1.74. The van der Waals surface area contributed by atoms with Crippen LogP contribution in [0, 0.1) is 11.2 Å². The van der Waals surface area contributed by atoms with Crippen molar-refractivity contribution in [3.05, 3.63) is 30.1 Å². The van der Waals surface area contributed by atoms with Crippen LogP contribution in [0.5, 0.6) is 0 Å². The summed E-state index contributed by atoms with van der Waals surface area (Å²) in [5, 5.41) is 3.61. The Balaban J connectivity index is 2.47. The third-order valence-corrected chi connectivity index (χ3v) is 4.33. The second kappa shape index (κ2) is 8.68. The summed E-state index contributed by atoms with van der Waals surface area (Å²) in [6, 6.07) is 7.37. The standard InChI is InChI=1S/C17H28FNS/c1-5-11-19-15(9-10-17(2,3)4)13-20-16-8-6-7-14(18)12-16/h6-8,12,15,19H,5,9-11,13H2,1-4H3. The van der Waals surface area contributed by atoms with Gasteiger partial charge in [0.2, 0.25) is 0 Å². The third-order valence-electron chi connectivity index (χ3n) is 3.17. The van der Waals surface area contributed by atoms with Crippen molar-refractivity contribution in [2.45, 2.75) is 57.9 Å². The Labute approximate surface area is 127 Å². The molecule has 20 heavy (non-hydrogen) atoms. The Morgan fingerprint density at radius 3 is 2.65 bits per heavy atom. The van der Waals surface area contributed by atoms with Crippen molar-refractivity contribution in [3.63, 3.8) is 0 Å². The Morgan fingerprint density at radius 2 is 2.05 bits per heavy atom. The van der Waals surface area contributed by atoms with Crippen LogP contribution in [-0.4, -0.2) is 18.3 Å². The van der Waals surface area contributed by atoms with Gasteiger partial charge in [0, 0.05) is 16.7 Å². The average molecular weight is 297 g/mol. The number of rotatable bonds is 8. The monoisotopic (exact) mass is 297 g/mol. The van der Waals surface area contributed by atoms with E-state index in [4.69, 9.17) is 0 Å².